The number of hydrogen-bond acceptors (Lipinski definition) is 5. The average Bonchev–Trinajstić information content (AvgIpc) is 3.08. The molecule has 0 amide bonds. The van der Waals surface area contributed by atoms with Gasteiger partial charge in [0.15, 0.2) is 5.96 Å². The fourth-order valence-electron chi connectivity index (χ4n) is 3.41. The van der Waals surface area contributed by atoms with E-state index >= 15 is 0 Å². The number of aliphatic imine (C=N–C) groups is 1. The number of guanidine groups is 1. The number of nitrogens with zero attached hydrogens (tertiary/aromatic N) is 3. The van der Waals surface area contributed by atoms with Crippen molar-refractivity contribution in [1.82, 2.24) is 19.9 Å². The molecule has 30 heavy (non-hydrogen) atoms. The van der Waals surface area contributed by atoms with Crippen molar-refractivity contribution < 1.29 is 8.42 Å². The largest absolute Gasteiger partial charge is 0.356 e. The minimum atomic E-state index is -3.42. The smallest absolute Gasteiger partial charge is 0.243 e. The Morgan fingerprint density at radius 1 is 1.20 bits per heavy atom. The Labute approximate surface area is 183 Å². The Morgan fingerprint density at radius 2 is 1.97 bits per heavy atom. The lowest BCUT2D eigenvalue weighted by atomic mass is 10.2. The fraction of sp³-hybridized carbons (Fsp3) is 0.524. The minimum Gasteiger partial charge on any atom is -0.356 e. The van der Waals surface area contributed by atoms with Crippen LogP contribution in [0.2, 0.25) is 0 Å². The molecule has 3 rings (SSSR count). The van der Waals surface area contributed by atoms with Crippen molar-refractivity contribution in [3.05, 3.63) is 45.4 Å². The molecule has 1 fully saturated rings. The molecule has 0 bridgehead atoms. The zero-order valence-corrected chi connectivity index (χ0v) is 19.6. The van der Waals surface area contributed by atoms with Crippen LogP contribution < -0.4 is 10.6 Å². The Hall–Kier alpha value is -1.97. The topological polar surface area (TPSA) is 86.7 Å². The highest BCUT2D eigenvalue weighted by Gasteiger charge is 2.25. The van der Waals surface area contributed by atoms with E-state index in [1.54, 1.807) is 40.9 Å². The van der Waals surface area contributed by atoms with Crippen LogP contribution in [0.3, 0.4) is 0 Å². The number of nitrogens with one attached hydrogen (secondary N) is 2. The number of benzene rings is 1. The lowest BCUT2D eigenvalue weighted by molar-refractivity contribution is 0.346. The van der Waals surface area contributed by atoms with Gasteiger partial charge in [-0.15, -0.1) is 11.3 Å². The highest BCUT2D eigenvalue weighted by atomic mass is 32.2. The third-order valence-corrected chi connectivity index (χ3v) is 8.27. The van der Waals surface area contributed by atoms with Gasteiger partial charge in [0.25, 0.3) is 0 Å². The summed E-state index contributed by atoms with van der Waals surface area (Å²) in [5.41, 5.74) is 2.00. The highest BCUT2D eigenvalue weighted by molar-refractivity contribution is 7.89. The molecule has 164 valence electrons. The van der Waals surface area contributed by atoms with Crippen LogP contribution in [0.4, 0.5) is 0 Å². The molecule has 1 aromatic carbocycles. The monoisotopic (exact) mass is 449 g/mol. The first kappa shape index (κ1) is 22.7. The predicted octanol–water partition coefficient (Wildman–Crippen LogP) is 2.84. The van der Waals surface area contributed by atoms with Gasteiger partial charge in [-0.25, -0.2) is 13.4 Å². The molecule has 1 aliphatic rings. The maximum absolute atomic E-state index is 12.9. The standard InChI is InChI=1S/C21H31N5O2S2/c1-16-17(2)29-20(25-16)10-11-23-21(22-3)24-15-18-8-7-9-19(14-18)30(27,28)26-12-5-4-6-13-26/h7-9,14H,4-6,10-13,15H2,1-3H3,(H2,22,23,24). The second kappa shape index (κ2) is 10.4. The van der Waals surface area contributed by atoms with Gasteiger partial charge in [-0.2, -0.15) is 4.31 Å². The first-order valence-electron chi connectivity index (χ1n) is 10.4. The van der Waals surface area contributed by atoms with E-state index in [-0.39, 0.29) is 0 Å². The van der Waals surface area contributed by atoms with E-state index in [9.17, 15) is 8.42 Å². The summed E-state index contributed by atoms with van der Waals surface area (Å²) in [6, 6.07) is 7.16. The van der Waals surface area contributed by atoms with Gasteiger partial charge >= 0.3 is 0 Å². The Balaban J connectivity index is 1.54. The molecule has 7 nitrogen and oxygen atoms in total. The molecule has 2 aromatic rings. The summed E-state index contributed by atoms with van der Waals surface area (Å²) in [4.78, 5) is 10.4. The van der Waals surface area contributed by atoms with Crippen molar-refractivity contribution >= 4 is 27.3 Å². The third-order valence-electron chi connectivity index (χ3n) is 5.24. The van der Waals surface area contributed by atoms with Gasteiger partial charge in [-0.05, 0) is 44.4 Å². The van der Waals surface area contributed by atoms with E-state index in [1.807, 2.05) is 13.0 Å². The Kier molecular flexibility index (Phi) is 7.85. The maximum atomic E-state index is 12.9. The zero-order valence-electron chi connectivity index (χ0n) is 17.9. The SMILES string of the molecule is CN=C(NCCc1nc(C)c(C)s1)NCc1cccc(S(=O)(=O)N2CCCCC2)c1. The number of piperidine rings is 1. The summed E-state index contributed by atoms with van der Waals surface area (Å²) in [5.74, 6) is 0.685. The molecule has 2 N–H and O–H groups in total. The van der Waals surface area contributed by atoms with E-state index in [1.165, 1.54) is 4.88 Å². The molecular weight excluding hydrogens is 418 g/mol. The van der Waals surface area contributed by atoms with Crippen LogP contribution in [-0.4, -0.2) is 50.3 Å². The summed E-state index contributed by atoms with van der Waals surface area (Å²) in [6.45, 7) is 6.57. The van der Waals surface area contributed by atoms with E-state index in [2.05, 4.69) is 27.5 Å². The summed E-state index contributed by atoms with van der Waals surface area (Å²) >= 11 is 1.73. The van der Waals surface area contributed by atoms with Crippen molar-refractivity contribution in [2.75, 3.05) is 26.7 Å². The molecule has 1 saturated heterocycles. The summed E-state index contributed by atoms with van der Waals surface area (Å²) in [6.07, 6.45) is 3.80. The van der Waals surface area contributed by atoms with Gasteiger partial charge in [-0.3, -0.25) is 4.99 Å². The first-order chi connectivity index (χ1) is 14.4. The van der Waals surface area contributed by atoms with Gasteiger partial charge < -0.3 is 10.6 Å². The minimum absolute atomic E-state index is 0.362. The molecule has 0 radical (unpaired) electrons. The van der Waals surface area contributed by atoms with Gasteiger partial charge in [0.1, 0.15) is 0 Å². The Bertz CT molecular complexity index is 960. The Morgan fingerprint density at radius 3 is 2.63 bits per heavy atom. The van der Waals surface area contributed by atoms with Crippen LogP contribution in [0.5, 0.6) is 0 Å². The molecule has 0 saturated carbocycles. The molecule has 1 aliphatic heterocycles. The molecule has 2 heterocycles. The van der Waals surface area contributed by atoms with Crippen molar-refractivity contribution in [3.63, 3.8) is 0 Å². The molecule has 1 aromatic heterocycles. The van der Waals surface area contributed by atoms with Gasteiger partial charge in [-0.1, -0.05) is 18.6 Å². The molecule has 0 aliphatic carbocycles. The number of aryl methyl sites for hydroxylation is 2. The fourth-order valence-corrected chi connectivity index (χ4v) is 5.93. The summed E-state index contributed by atoms with van der Waals surface area (Å²) in [5, 5.41) is 7.67. The molecular formula is C21H31N5O2S2. The number of sulfonamides is 1. The quantitative estimate of drug-likeness (QED) is 0.501. The van der Waals surface area contributed by atoms with Gasteiger partial charge in [0, 0.05) is 44.5 Å². The number of hydrogen-bond donors (Lipinski definition) is 2. The van der Waals surface area contributed by atoms with E-state index in [0.717, 1.165) is 48.5 Å². The van der Waals surface area contributed by atoms with E-state index in [0.29, 0.717) is 30.5 Å². The normalized spacial score (nSPS) is 15.9. The highest BCUT2D eigenvalue weighted by Crippen LogP contribution is 2.21. The van der Waals surface area contributed by atoms with E-state index in [4.69, 9.17) is 0 Å². The van der Waals surface area contributed by atoms with Crippen LogP contribution in [0.15, 0.2) is 34.2 Å². The maximum Gasteiger partial charge on any atom is 0.243 e. The molecule has 0 atom stereocenters. The summed E-state index contributed by atoms with van der Waals surface area (Å²) < 4.78 is 27.4. The number of rotatable bonds is 7. The van der Waals surface area contributed by atoms with Crippen molar-refractivity contribution in [2.24, 2.45) is 4.99 Å². The molecule has 0 unspecified atom stereocenters. The first-order valence-corrected chi connectivity index (χ1v) is 12.6. The van der Waals surface area contributed by atoms with Crippen molar-refractivity contribution in [1.29, 1.82) is 0 Å². The van der Waals surface area contributed by atoms with Crippen LogP contribution >= 0.6 is 11.3 Å². The van der Waals surface area contributed by atoms with Gasteiger partial charge in [0.05, 0.1) is 15.6 Å². The predicted molar refractivity (Wildman–Crippen MR) is 123 cm³/mol. The van der Waals surface area contributed by atoms with E-state index < -0.39 is 10.0 Å². The molecule has 9 heteroatoms. The number of aromatic nitrogens is 1. The van der Waals surface area contributed by atoms with Crippen molar-refractivity contribution in [2.45, 2.75) is 51.0 Å². The summed E-state index contributed by atoms with van der Waals surface area (Å²) in [7, 11) is -1.69. The lowest BCUT2D eigenvalue weighted by Crippen LogP contribution is -2.38. The van der Waals surface area contributed by atoms with Crippen LogP contribution in [0.25, 0.3) is 0 Å². The molecule has 0 spiro atoms. The second-order valence-electron chi connectivity index (χ2n) is 7.46. The third kappa shape index (κ3) is 5.80. The van der Waals surface area contributed by atoms with Crippen molar-refractivity contribution in [3.8, 4) is 0 Å². The lowest BCUT2D eigenvalue weighted by Gasteiger charge is -2.26. The van der Waals surface area contributed by atoms with Crippen LogP contribution in [-0.2, 0) is 23.0 Å². The number of thiazole rings is 1. The average molecular weight is 450 g/mol. The zero-order chi connectivity index (χ0) is 21.6. The van der Waals surface area contributed by atoms with Gasteiger partial charge in [0.2, 0.25) is 10.0 Å². The van der Waals surface area contributed by atoms with Crippen LogP contribution in [0.1, 0.15) is 40.4 Å². The van der Waals surface area contributed by atoms with Crippen LogP contribution in [0, 0.1) is 13.8 Å². The second-order valence-corrected chi connectivity index (χ2v) is 10.7.